The zero-order chi connectivity index (χ0) is 13.9. The van der Waals surface area contributed by atoms with Crippen molar-refractivity contribution in [3.05, 3.63) is 0 Å². The highest BCUT2D eigenvalue weighted by molar-refractivity contribution is 5.68. The van der Waals surface area contributed by atoms with Crippen molar-refractivity contribution in [2.45, 2.75) is 70.2 Å². The average molecular weight is 269 g/mol. The van der Waals surface area contributed by atoms with Crippen molar-refractivity contribution in [3.8, 4) is 0 Å². The second kappa shape index (κ2) is 6.09. The Bertz CT molecular complexity index is 302. The Kier molecular flexibility index (Phi) is 4.68. The Morgan fingerprint density at radius 2 is 2.05 bits per heavy atom. The molecule has 0 bridgehead atoms. The summed E-state index contributed by atoms with van der Waals surface area (Å²) in [5.74, 6) is 0. The van der Waals surface area contributed by atoms with Crippen LogP contribution in [0.2, 0.25) is 0 Å². The van der Waals surface area contributed by atoms with Crippen molar-refractivity contribution in [2.75, 3.05) is 13.1 Å². The highest BCUT2D eigenvalue weighted by atomic mass is 16.6. The molecule has 0 aromatic heterocycles. The number of hydrogen-bond acceptors (Lipinski definition) is 4. The van der Waals surface area contributed by atoms with Crippen LogP contribution in [0.5, 0.6) is 0 Å². The molecule has 1 amide bonds. The lowest BCUT2D eigenvalue weighted by molar-refractivity contribution is 0.0465. The molecule has 19 heavy (non-hydrogen) atoms. The SMILES string of the molecule is CC(C)(C)OC(=O)NC1CC(NCC2CCCN2)C1. The minimum Gasteiger partial charge on any atom is -0.444 e. The molecule has 0 aromatic rings. The van der Waals surface area contributed by atoms with Crippen molar-refractivity contribution < 1.29 is 9.53 Å². The predicted molar refractivity (Wildman–Crippen MR) is 75.2 cm³/mol. The molecule has 2 aliphatic rings. The lowest BCUT2D eigenvalue weighted by atomic mass is 9.86. The summed E-state index contributed by atoms with van der Waals surface area (Å²) in [4.78, 5) is 11.6. The van der Waals surface area contributed by atoms with Crippen LogP contribution in [0.1, 0.15) is 46.5 Å². The molecular formula is C14H27N3O2. The van der Waals surface area contributed by atoms with Gasteiger partial charge in [0.2, 0.25) is 0 Å². The Hall–Kier alpha value is -0.810. The lowest BCUT2D eigenvalue weighted by Crippen LogP contribution is -2.54. The van der Waals surface area contributed by atoms with Crippen LogP contribution >= 0.6 is 0 Å². The highest BCUT2D eigenvalue weighted by Crippen LogP contribution is 2.21. The monoisotopic (exact) mass is 269 g/mol. The number of carbonyl (C=O) groups excluding carboxylic acids is 1. The van der Waals surface area contributed by atoms with Gasteiger partial charge in [0.15, 0.2) is 0 Å². The van der Waals surface area contributed by atoms with E-state index in [1.54, 1.807) is 0 Å². The van der Waals surface area contributed by atoms with Gasteiger partial charge < -0.3 is 20.7 Å². The molecule has 2 rings (SSSR count). The van der Waals surface area contributed by atoms with E-state index in [1.807, 2.05) is 20.8 Å². The standard InChI is InChI=1S/C14H27N3O2/c1-14(2,3)19-13(18)17-12-7-11(8-12)16-9-10-5-4-6-15-10/h10-12,15-16H,4-9H2,1-3H3,(H,17,18). The molecule has 0 aromatic carbocycles. The van der Waals surface area contributed by atoms with Crippen LogP contribution in [0.3, 0.4) is 0 Å². The Labute approximate surface area is 115 Å². The van der Waals surface area contributed by atoms with E-state index >= 15 is 0 Å². The summed E-state index contributed by atoms with van der Waals surface area (Å²) < 4.78 is 5.24. The van der Waals surface area contributed by atoms with Crippen LogP contribution in [-0.2, 0) is 4.74 Å². The van der Waals surface area contributed by atoms with E-state index in [1.165, 1.54) is 12.8 Å². The molecule has 1 saturated carbocycles. The number of rotatable bonds is 4. The second-order valence-corrected chi connectivity index (χ2v) is 6.71. The zero-order valence-electron chi connectivity index (χ0n) is 12.3. The average Bonchev–Trinajstić information content (AvgIpc) is 2.71. The number of nitrogens with one attached hydrogen (secondary N) is 3. The van der Waals surface area contributed by atoms with Gasteiger partial charge in [0.05, 0.1) is 0 Å². The highest BCUT2D eigenvalue weighted by Gasteiger charge is 2.31. The molecule has 1 aliphatic heterocycles. The number of amides is 1. The molecule has 2 fully saturated rings. The van der Waals surface area contributed by atoms with E-state index in [-0.39, 0.29) is 12.1 Å². The van der Waals surface area contributed by atoms with Gasteiger partial charge in [-0.05, 0) is 53.0 Å². The third kappa shape index (κ3) is 4.99. The van der Waals surface area contributed by atoms with E-state index < -0.39 is 5.60 Å². The topological polar surface area (TPSA) is 62.4 Å². The van der Waals surface area contributed by atoms with E-state index in [9.17, 15) is 4.79 Å². The fraction of sp³-hybridized carbons (Fsp3) is 0.929. The third-order valence-corrected chi connectivity index (χ3v) is 3.67. The summed E-state index contributed by atoms with van der Waals surface area (Å²) in [5.41, 5.74) is -0.417. The zero-order valence-corrected chi connectivity index (χ0v) is 12.3. The van der Waals surface area contributed by atoms with Gasteiger partial charge in [-0.3, -0.25) is 0 Å². The normalized spacial score (nSPS) is 30.8. The number of alkyl carbamates (subject to hydrolysis) is 1. The van der Waals surface area contributed by atoms with E-state index in [2.05, 4.69) is 16.0 Å². The third-order valence-electron chi connectivity index (χ3n) is 3.67. The molecule has 0 spiro atoms. The van der Waals surface area contributed by atoms with Gasteiger partial charge in [-0.1, -0.05) is 0 Å². The van der Waals surface area contributed by atoms with E-state index in [4.69, 9.17) is 4.74 Å². The maximum Gasteiger partial charge on any atom is 0.407 e. The van der Waals surface area contributed by atoms with Gasteiger partial charge in [0.25, 0.3) is 0 Å². The predicted octanol–water partition coefficient (Wildman–Crippen LogP) is 1.38. The smallest absolute Gasteiger partial charge is 0.407 e. The van der Waals surface area contributed by atoms with Crippen molar-refractivity contribution in [1.82, 2.24) is 16.0 Å². The molecule has 0 radical (unpaired) electrons. The summed E-state index contributed by atoms with van der Waals surface area (Å²) in [5, 5.41) is 9.95. The number of carbonyl (C=O) groups is 1. The first-order chi connectivity index (χ1) is 8.92. The number of hydrogen-bond donors (Lipinski definition) is 3. The van der Waals surface area contributed by atoms with Gasteiger partial charge in [-0.25, -0.2) is 4.79 Å². The van der Waals surface area contributed by atoms with Crippen LogP contribution in [-0.4, -0.2) is 42.9 Å². The summed E-state index contributed by atoms with van der Waals surface area (Å²) in [7, 11) is 0. The lowest BCUT2D eigenvalue weighted by Gasteiger charge is -2.37. The van der Waals surface area contributed by atoms with E-state index in [0.29, 0.717) is 12.1 Å². The number of ether oxygens (including phenoxy) is 1. The van der Waals surface area contributed by atoms with Crippen LogP contribution < -0.4 is 16.0 Å². The van der Waals surface area contributed by atoms with Gasteiger partial charge in [-0.15, -0.1) is 0 Å². The van der Waals surface area contributed by atoms with Crippen molar-refractivity contribution in [3.63, 3.8) is 0 Å². The quantitative estimate of drug-likeness (QED) is 0.721. The molecule has 5 heteroatoms. The summed E-state index contributed by atoms with van der Waals surface area (Å²) in [6.07, 6.45) is 4.28. The van der Waals surface area contributed by atoms with Crippen molar-refractivity contribution in [2.24, 2.45) is 0 Å². The fourth-order valence-electron chi connectivity index (χ4n) is 2.62. The second-order valence-electron chi connectivity index (χ2n) is 6.71. The Balaban J connectivity index is 1.54. The largest absolute Gasteiger partial charge is 0.444 e. The molecule has 1 unspecified atom stereocenters. The summed E-state index contributed by atoms with van der Waals surface area (Å²) >= 11 is 0. The summed E-state index contributed by atoms with van der Waals surface area (Å²) in [6, 6.07) is 1.45. The minimum atomic E-state index is -0.417. The Morgan fingerprint density at radius 3 is 2.63 bits per heavy atom. The van der Waals surface area contributed by atoms with Crippen LogP contribution in [0.4, 0.5) is 4.79 Å². The van der Waals surface area contributed by atoms with E-state index in [0.717, 1.165) is 25.9 Å². The van der Waals surface area contributed by atoms with Gasteiger partial charge in [0, 0.05) is 24.7 Å². The molecule has 1 heterocycles. The molecule has 5 nitrogen and oxygen atoms in total. The Morgan fingerprint density at radius 1 is 1.32 bits per heavy atom. The molecule has 110 valence electrons. The molecule has 1 atom stereocenters. The first-order valence-corrected chi connectivity index (χ1v) is 7.38. The molecule has 1 aliphatic carbocycles. The van der Waals surface area contributed by atoms with Crippen LogP contribution in [0, 0.1) is 0 Å². The molecule has 3 N–H and O–H groups in total. The van der Waals surface area contributed by atoms with Gasteiger partial charge >= 0.3 is 6.09 Å². The molecular weight excluding hydrogens is 242 g/mol. The van der Waals surface area contributed by atoms with Crippen LogP contribution in [0.25, 0.3) is 0 Å². The van der Waals surface area contributed by atoms with Gasteiger partial charge in [0.1, 0.15) is 5.60 Å². The van der Waals surface area contributed by atoms with Crippen LogP contribution in [0.15, 0.2) is 0 Å². The fourth-order valence-corrected chi connectivity index (χ4v) is 2.62. The first kappa shape index (κ1) is 14.6. The molecule has 1 saturated heterocycles. The van der Waals surface area contributed by atoms with Crippen molar-refractivity contribution in [1.29, 1.82) is 0 Å². The maximum absolute atomic E-state index is 11.6. The van der Waals surface area contributed by atoms with Gasteiger partial charge in [-0.2, -0.15) is 0 Å². The maximum atomic E-state index is 11.6. The summed E-state index contributed by atoms with van der Waals surface area (Å²) in [6.45, 7) is 7.84. The van der Waals surface area contributed by atoms with Crippen molar-refractivity contribution >= 4 is 6.09 Å². The minimum absolute atomic E-state index is 0.267. The first-order valence-electron chi connectivity index (χ1n) is 7.38.